The zero-order valence-electron chi connectivity index (χ0n) is 12.9. The molecule has 2 aromatic carbocycles. The van der Waals surface area contributed by atoms with Crippen LogP contribution >= 0.6 is 0 Å². The van der Waals surface area contributed by atoms with Gasteiger partial charge in [-0.05, 0) is 48.2 Å². The fraction of sp³-hybridized carbons (Fsp3) is 0.333. The molecule has 0 unspecified atom stereocenters. The Labute approximate surface area is 122 Å². The van der Waals surface area contributed by atoms with Crippen LogP contribution in [0.1, 0.15) is 25.0 Å². The van der Waals surface area contributed by atoms with Crippen LogP contribution in [0.2, 0.25) is 0 Å². The van der Waals surface area contributed by atoms with Crippen LogP contribution in [0.5, 0.6) is 0 Å². The molecule has 0 spiro atoms. The fourth-order valence-corrected chi connectivity index (χ4v) is 2.63. The van der Waals surface area contributed by atoms with Gasteiger partial charge in [0.2, 0.25) is 0 Å². The molecular weight excluding hydrogens is 244 g/mol. The van der Waals surface area contributed by atoms with Crippen LogP contribution in [0, 0.1) is 0 Å². The summed E-state index contributed by atoms with van der Waals surface area (Å²) >= 11 is 0. The number of nitrogens with zero attached hydrogens (tertiary/aromatic N) is 1. The Hall–Kier alpha value is -1.96. The van der Waals surface area contributed by atoms with Gasteiger partial charge in [0.05, 0.1) is 0 Å². The van der Waals surface area contributed by atoms with E-state index in [1.54, 1.807) is 0 Å². The summed E-state index contributed by atoms with van der Waals surface area (Å²) in [5.41, 5.74) is 6.53. The molecule has 2 heteroatoms. The molecule has 2 rings (SSSR count). The molecule has 0 atom stereocenters. The average molecular weight is 268 g/mol. The van der Waals surface area contributed by atoms with Crippen molar-refractivity contribution in [2.24, 2.45) is 0 Å². The third kappa shape index (κ3) is 2.79. The normalized spacial score (nSPS) is 10.4. The smallest absolute Gasteiger partial charge is 0.0472 e. The highest BCUT2D eigenvalue weighted by Gasteiger charge is 2.12. The lowest BCUT2D eigenvalue weighted by atomic mass is 10.0. The van der Waals surface area contributed by atoms with Crippen molar-refractivity contribution in [1.29, 1.82) is 0 Å². The third-order valence-electron chi connectivity index (χ3n) is 3.84. The minimum absolute atomic E-state index is 1.06. The molecule has 0 aliphatic carbocycles. The summed E-state index contributed by atoms with van der Waals surface area (Å²) < 4.78 is 0. The second-order valence-electron chi connectivity index (χ2n) is 4.99. The standard InChI is InChI=1S/C18H24N2/c1-5-14-8-7-9-15(6-2)18(14)20(4)17-12-10-16(19-3)11-13-17/h7-13,19H,5-6H2,1-4H3. The van der Waals surface area contributed by atoms with E-state index in [9.17, 15) is 0 Å². The molecule has 0 saturated carbocycles. The van der Waals surface area contributed by atoms with E-state index in [0.29, 0.717) is 0 Å². The van der Waals surface area contributed by atoms with Crippen LogP contribution in [0.25, 0.3) is 0 Å². The number of rotatable bonds is 5. The summed E-state index contributed by atoms with van der Waals surface area (Å²) in [4.78, 5) is 2.30. The summed E-state index contributed by atoms with van der Waals surface area (Å²) in [5, 5.41) is 3.16. The van der Waals surface area contributed by atoms with Gasteiger partial charge in [0, 0.05) is 31.2 Å². The summed E-state index contributed by atoms with van der Waals surface area (Å²) in [6.07, 6.45) is 2.12. The molecule has 0 aromatic heterocycles. The molecule has 2 aromatic rings. The van der Waals surface area contributed by atoms with E-state index in [1.807, 2.05) is 7.05 Å². The van der Waals surface area contributed by atoms with Crippen LogP contribution in [-0.2, 0) is 12.8 Å². The van der Waals surface area contributed by atoms with Crippen molar-refractivity contribution in [1.82, 2.24) is 0 Å². The molecule has 0 saturated heterocycles. The summed E-state index contributed by atoms with van der Waals surface area (Å²) in [6, 6.07) is 15.2. The van der Waals surface area contributed by atoms with Crippen LogP contribution in [0.15, 0.2) is 42.5 Å². The van der Waals surface area contributed by atoms with Gasteiger partial charge in [-0.3, -0.25) is 0 Å². The monoisotopic (exact) mass is 268 g/mol. The number of benzene rings is 2. The topological polar surface area (TPSA) is 15.3 Å². The van der Waals surface area contributed by atoms with Crippen molar-refractivity contribution in [3.05, 3.63) is 53.6 Å². The van der Waals surface area contributed by atoms with E-state index in [-0.39, 0.29) is 0 Å². The first-order valence-corrected chi connectivity index (χ1v) is 7.33. The Morgan fingerprint density at radius 3 is 1.90 bits per heavy atom. The molecule has 0 bridgehead atoms. The van der Waals surface area contributed by atoms with Gasteiger partial charge < -0.3 is 10.2 Å². The first-order valence-electron chi connectivity index (χ1n) is 7.33. The summed E-state index contributed by atoms with van der Waals surface area (Å²) in [6.45, 7) is 4.44. The Morgan fingerprint density at radius 2 is 1.45 bits per heavy atom. The zero-order chi connectivity index (χ0) is 14.5. The van der Waals surface area contributed by atoms with Crippen molar-refractivity contribution >= 4 is 17.1 Å². The number of para-hydroxylation sites is 1. The molecular formula is C18H24N2. The number of anilines is 3. The highest BCUT2D eigenvalue weighted by atomic mass is 15.1. The van der Waals surface area contributed by atoms with E-state index in [2.05, 4.69) is 73.6 Å². The van der Waals surface area contributed by atoms with Crippen LogP contribution in [0.4, 0.5) is 17.1 Å². The number of aryl methyl sites for hydroxylation is 2. The van der Waals surface area contributed by atoms with Crippen LogP contribution in [0.3, 0.4) is 0 Å². The third-order valence-corrected chi connectivity index (χ3v) is 3.84. The van der Waals surface area contributed by atoms with Gasteiger partial charge in [-0.1, -0.05) is 32.0 Å². The Morgan fingerprint density at radius 1 is 0.900 bits per heavy atom. The minimum Gasteiger partial charge on any atom is -0.388 e. The van der Waals surface area contributed by atoms with Gasteiger partial charge in [0.15, 0.2) is 0 Å². The van der Waals surface area contributed by atoms with Gasteiger partial charge in [-0.25, -0.2) is 0 Å². The predicted octanol–water partition coefficient (Wildman–Crippen LogP) is 4.62. The van der Waals surface area contributed by atoms with Crippen molar-refractivity contribution in [3.8, 4) is 0 Å². The SMILES string of the molecule is CCc1cccc(CC)c1N(C)c1ccc(NC)cc1. The molecule has 106 valence electrons. The van der Waals surface area contributed by atoms with Crippen molar-refractivity contribution < 1.29 is 0 Å². The summed E-state index contributed by atoms with van der Waals surface area (Å²) in [7, 11) is 4.10. The maximum atomic E-state index is 3.16. The van der Waals surface area contributed by atoms with Gasteiger partial charge >= 0.3 is 0 Å². The number of hydrogen-bond donors (Lipinski definition) is 1. The maximum Gasteiger partial charge on any atom is 0.0472 e. The largest absolute Gasteiger partial charge is 0.388 e. The summed E-state index contributed by atoms with van der Waals surface area (Å²) in [5.74, 6) is 0. The fourth-order valence-electron chi connectivity index (χ4n) is 2.63. The van der Waals surface area contributed by atoms with Gasteiger partial charge in [-0.2, -0.15) is 0 Å². The molecule has 0 heterocycles. The van der Waals surface area contributed by atoms with E-state index < -0.39 is 0 Å². The van der Waals surface area contributed by atoms with E-state index in [0.717, 1.165) is 18.5 Å². The molecule has 0 aliphatic heterocycles. The highest BCUT2D eigenvalue weighted by molar-refractivity contribution is 5.70. The molecule has 0 fully saturated rings. The zero-order valence-corrected chi connectivity index (χ0v) is 12.9. The quantitative estimate of drug-likeness (QED) is 0.851. The lowest BCUT2D eigenvalue weighted by Gasteiger charge is -2.25. The molecule has 0 amide bonds. The van der Waals surface area contributed by atoms with Crippen LogP contribution < -0.4 is 10.2 Å². The predicted molar refractivity (Wildman–Crippen MR) is 89.2 cm³/mol. The Balaban J connectivity index is 2.43. The average Bonchev–Trinajstić information content (AvgIpc) is 2.53. The molecule has 0 aliphatic rings. The van der Waals surface area contributed by atoms with E-state index in [4.69, 9.17) is 0 Å². The number of nitrogens with one attached hydrogen (secondary N) is 1. The second-order valence-corrected chi connectivity index (χ2v) is 4.99. The molecule has 2 nitrogen and oxygen atoms in total. The van der Waals surface area contributed by atoms with Crippen molar-refractivity contribution in [3.63, 3.8) is 0 Å². The highest BCUT2D eigenvalue weighted by Crippen LogP contribution is 2.32. The van der Waals surface area contributed by atoms with E-state index >= 15 is 0 Å². The van der Waals surface area contributed by atoms with Crippen LogP contribution in [-0.4, -0.2) is 14.1 Å². The van der Waals surface area contributed by atoms with Crippen molar-refractivity contribution in [2.45, 2.75) is 26.7 Å². The molecule has 1 N–H and O–H groups in total. The molecule has 0 radical (unpaired) electrons. The Bertz CT molecular complexity index is 536. The van der Waals surface area contributed by atoms with Gasteiger partial charge in [0.25, 0.3) is 0 Å². The Kier molecular flexibility index (Phi) is 4.67. The van der Waals surface area contributed by atoms with E-state index in [1.165, 1.54) is 22.5 Å². The van der Waals surface area contributed by atoms with Crippen molar-refractivity contribution in [2.75, 3.05) is 24.3 Å². The lowest BCUT2D eigenvalue weighted by molar-refractivity contribution is 1.04. The molecule has 20 heavy (non-hydrogen) atoms. The first kappa shape index (κ1) is 14.4. The first-order chi connectivity index (χ1) is 9.71. The minimum atomic E-state index is 1.06. The maximum absolute atomic E-state index is 3.16. The van der Waals surface area contributed by atoms with Gasteiger partial charge in [-0.15, -0.1) is 0 Å². The second kappa shape index (κ2) is 6.47. The van der Waals surface area contributed by atoms with Gasteiger partial charge in [0.1, 0.15) is 0 Å². The lowest BCUT2D eigenvalue weighted by Crippen LogP contribution is -2.14. The number of hydrogen-bond acceptors (Lipinski definition) is 2.